The molecule has 7 nitrogen and oxygen atoms in total. The van der Waals surface area contributed by atoms with E-state index >= 15 is 0 Å². The van der Waals surface area contributed by atoms with E-state index in [-0.39, 0.29) is 30.1 Å². The number of carbonyl (C=O) groups is 2. The first-order chi connectivity index (χ1) is 21.2. The average molecular weight is 617 g/mol. The van der Waals surface area contributed by atoms with Crippen molar-refractivity contribution in [3.8, 4) is 16.9 Å². The van der Waals surface area contributed by atoms with Crippen LogP contribution in [0.3, 0.4) is 0 Å². The molecule has 0 spiro atoms. The summed E-state index contributed by atoms with van der Waals surface area (Å²) < 4.78 is 18.0. The fourth-order valence-electron chi connectivity index (χ4n) is 6.67. The van der Waals surface area contributed by atoms with Gasteiger partial charge in [-0.25, -0.2) is 9.59 Å². The second-order valence-corrected chi connectivity index (χ2v) is 13.5. The van der Waals surface area contributed by atoms with Crippen molar-refractivity contribution < 1.29 is 23.8 Å². The number of benzene rings is 3. The normalized spacial score (nSPS) is 17.6. The van der Waals surface area contributed by atoms with Crippen LogP contribution < -0.4 is 4.74 Å². The number of likely N-dealkylation sites (tertiary alicyclic amines) is 2. The maximum absolute atomic E-state index is 13.1. The zero-order chi connectivity index (χ0) is 30.8. The van der Waals surface area contributed by atoms with Gasteiger partial charge < -0.3 is 24.0 Å². The van der Waals surface area contributed by atoms with Crippen molar-refractivity contribution >= 4 is 23.8 Å². The van der Waals surface area contributed by atoms with Crippen LogP contribution in [-0.2, 0) is 9.47 Å². The molecule has 0 radical (unpaired) electrons. The Hall–Kier alpha value is -3.71. The van der Waals surface area contributed by atoms with Crippen LogP contribution in [0.4, 0.5) is 9.59 Å². The van der Waals surface area contributed by atoms with Crippen LogP contribution in [-0.4, -0.2) is 66.5 Å². The molecule has 2 fully saturated rings. The van der Waals surface area contributed by atoms with Gasteiger partial charge in [0.05, 0.1) is 0 Å². The number of piperidine rings is 2. The van der Waals surface area contributed by atoms with Gasteiger partial charge in [-0.2, -0.15) is 0 Å². The van der Waals surface area contributed by atoms with E-state index in [1.54, 1.807) is 9.80 Å². The molecule has 2 saturated heterocycles. The second kappa shape index (κ2) is 12.7. The van der Waals surface area contributed by atoms with E-state index in [1.807, 2.05) is 45.0 Å². The highest BCUT2D eigenvalue weighted by Gasteiger charge is 2.32. The highest BCUT2D eigenvalue weighted by molar-refractivity contribution is 6.30. The summed E-state index contributed by atoms with van der Waals surface area (Å²) in [6.45, 7) is 8.41. The lowest BCUT2D eigenvalue weighted by molar-refractivity contribution is 0.0204. The van der Waals surface area contributed by atoms with Crippen molar-refractivity contribution in [2.24, 2.45) is 0 Å². The first-order valence-corrected chi connectivity index (χ1v) is 16.1. The number of hydrogen-bond donors (Lipinski definition) is 0. The minimum absolute atomic E-state index is 0.0216. The van der Waals surface area contributed by atoms with Gasteiger partial charge in [-0.1, -0.05) is 66.2 Å². The second-order valence-electron chi connectivity index (χ2n) is 13.0. The molecular formula is C36H41ClN2O5. The predicted octanol–water partition coefficient (Wildman–Crippen LogP) is 8.25. The van der Waals surface area contributed by atoms with Crippen molar-refractivity contribution in [2.75, 3.05) is 32.8 Å². The van der Waals surface area contributed by atoms with Crippen LogP contribution >= 0.6 is 11.6 Å². The van der Waals surface area contributed by atoms with Gasteiger partial charge in [-0.15, -0.1) is 0 Å². The monoisotopic (exact) mass is 616 g/mol. The summed E-state index contributed by atoms with van der Waals surface area (Å²) in [6, 6.07) is 22.6. The van der Waals surface area contributed by atoms with Crippen LogP contribution in [0.2, 0.25) is 5.02 Å². The lowest BCUT2D eigenvalue weighted by atomic mass is 9.89. The van der Waals surface area contributed by atoms with Gasteiger partial charge >= 0.3 is 12.2 Å². The number of rotatable bonds is 5. The number of ether oxygens (including phenoxy) is 3. The van der Waals surface area contributed by atoms with E-state index in [2.05, 4.69) is 42.5 Å². The van der Waals surface area contributed by atoms with Gasteiger partial charge in [0.2, 0.25) is 0 Å². The molecular weight excluding hydrogens is 576 g/mol. The third-order valence-electron chi connectivity index (χ3n) is 8.89. The maximum atomic E-state index is 13.1. The number of fused-ring (bicyclic) bond motifs is 3. The van der Waals surface area contributed by atoms with Gasteiger partial charge in [0, 0.05) is 50.0 Å². The minimum atomic E-state index is -0.508. The third kappa shape index (κ3) is 6.68. The van der Waals surface area contributed by atoms with E-state index in [4.69, 9.17) is 25.8 Å². The smallest absolute Gasteiger partial charge is 0.410 e. The Morgan fingerprint density at radius 3 is 1.95 bits per heavy atom. The molecule has 0 N–H and O–H groups in total. The molecule has 0 atom stereocenters. The quantitative estimate of drug-likeness (QED) is 0.289. The van der Waals surface area contributed by atoms with Crippen molar-refractivity contribution in [1.29, 1.82) is 0 Å². The fourth-order valence-corrected chi connectivity index (χ4v) is 6.83. The Morgan fingerprint density at radius 1 is 0.773 bits per heavy atom. The van der Waals surface area contributed by atoms with Crippen molar-refractivity contribution in [1.82, 2.24) is 9.80 Å². The fraction of sp³-hybridized carbons (Fsp3) is 0.444. The lowest BCUT2D eigenvalue weighted by Crippen LogP contribution is -2.42. The molecule has 0 saturated carbocycles. The number of halogens is 1. The minimum Gasteiger partial charge on any atom is -0.490 e. The number of nitrogens with zero attached hydrogens (tertiary/aromatic N) is 2. The zero-order valence-corrected chi connectivity index (χ0v) is 26.5. The molecule has 2 amide bonds. The summed E-state index contributed by atoms with van der Waals surface area (Å²) in [5.74, 6) is 1.11. The van der Waals surface area contributed by atoms with E-state index in [0.29, 0.717) is 50.7 Å². The van der Waals surface area contributed by atoms with Crippen LogP contribution in [0, 0.1) is 0 Å². The van der Waals surface area contributed by atoms with Crippen LogP contribution in [0.25, 0.3) is 11.1 Å². The van der Waals surface area contributed by atoms with E-state index in [1.165, 1.54) is 22.3 Å². The average Bonchev–Trinajstić information content (AvgIpc) is 3.33. The Bertz CT molecular complexity index is 1460. The Balaban J connectivity index is 1.02. The number of amides is 2. The highest BCUT2D eigenvalue weighted by atomic mass is 35.5. The van der Waals surface area contributed by atoms with E-state index in [9.17, 15) is 9.59 Å². The maximum Gasteiger partial charge on any atom is 0.410 e. The van der Waals surface area contributed by atoms with Crippen LogP contribution in [0.15, 0.2) is 66.7 Å². The van der Waals surface area contributed by atoms with Gasteiger partial charge in [-0.3, -0.25) is 0 Å². The van der Waals surface area contributed by atoms with Crippen molar-refractivity contribution in [3.63, 3.8) is 0 Å². The summed E-state index contributed by atoms with van der Waals surface area (Å²) >= 11 is 6.40. The summed E-state index contributed by atoms with van der Waals surface area (Å²) in [7, 11) is 0. The SMILES string of the molecule is CC(C)(C)OC(=O)N1CCC(c2ccc(Cl)cc2OC2CCN(C(=O)OCC3c4ccccc4-c4ccccc43)CC2)CC1. The van der Waals surface area contributed by atoms with E-state index < -0.39 is 5.60 Å². The van der Waals surface area contributed by atoms with Gasteiger partial charge in [0.25, 0.3) is 0 Å². The Kier molecular flexibility index (Phi) is 8.77. The van der Waals surface area contributed by atoms with Crippen molar-refractivity contribution in [3.05, 3.63) is 88.4 Å². The highest BCUT2D eigenvalue weighted by Crippen LogP contribution is 2.44. The molecule has 0 bridgehead atoms. The molecule has 0 unspecified atom stereocenters. The van der Waals surface area contributed by atoms with Gasteiger partial charge in [0.1, 0.15) is 24.1 Å². The molecule has 1 aliphatic carbocycles. The van der Waals surface area contributed by atoms with Gasteiger partial charge in [0.15, 0.2) is 0 Å². The first kappa shape index (κ1) is 30.3. The Morgan fingerprint density at radius 2 is 1.34 bits per heavy atom. The predicted molar refractivity (Wildman–Crippen MR) is 172 cm³/mol. The summed E-state index contributed by atoms with van der Waals surface area (Å²) in [5.41, 5.74) is 5.47. The Labute approximate surface area is 265 Å². The number of hydrogen-bond acceptors (Lipinski definition) is 5. The molecule has 3 aromatic rings. The summed E-state index contributed by atoms with van der Waals surface area (Å²) in [5, 5.41) is 0.631. The molecule has 6 rings (SSSR count). The molecule has 2 heterocycles. The largest absolute Gasteiger partial charge is 0.490 e. The molecule has 44 heavy (non-hydrogen) atoms. The van der Waals surface area contributed by atoms with Crippen LogP contribution in [0.1, 0.15) is 75.0 Å². The molecule has 2 aliphatic heterocycles. The topological polar surface area (TPSA) is 68.3 Å². The van der Waals surface area contributed by atoms with E-state index in [0.717, 1.165) is 24.2 Å². The summed E-state index contributed by atoms with van der Waals surface area (Å²) in [4.78, 5) is 29.2. The number of carbonyl (C=O) groups excluding carboxylic acids is 2. The standard InChI is InChI=1S/C36H41ClN2O5/c1-36(2,3)44-35(41)39-18-14-24(15-19-39)27-13-12-25(37)22-33(27)43-26-16-20-38(21-17-26)34(40)42-23-32-30-10-6-4-8-28(30)29-9-5-7-11-31(29)32/h4-13,22,24,26,32H,14-21,23H2,1-3H3. The molecule has 8 heteroatoms. The molecule has 232 valence electrons. The molecule has 3 aliphatic rings. The molecule has 3 aromatic carbocycles. The lowest BCUT2D eigenvalue weighted by Gasteiger charge is -2.35. The van der Waals surface area contributed by atoms with Crippen molar-refractivity contribution in [2.45, 2.75) is 70.0 Å². The zero-order valence-electron chi connectivity index (χ0n) is 25.8. The summed E-state index contributed by atoms with van der Waals surface area (Å²) in [6.07, 6.45) is 2.54. The third-order valence-corrected chi connectivity index (χ3v) is 9.13. The first-order valence-electron chi connectivity index (χ1n) is 15.7. The van der Waals surface area contributed by atoms with Crippen LogP contribution in [0.5, 0.6) is 5.75 Å². The molecule has 0 aromatic heterocycles. The van der Waals surface area contributed by atoms with Gasteiger partial charge in [-0.05, 0) is 79.5 Å².